The number of carbonyl (C=O) groups is 1. The maximum absolute atomic E-state index is 10.3. The zero-order valence-electron chi connectivity index (χ0n) is 11.2. The second-order valence-corrected chi connectivity index (χ2v) is 4.51. The third-order valence-electron chi connectivity index (χ3n) is 2.64. The van der Waals surface area contributed by atoms with Crippen molar-refractivity contribution in [1.82, 2.24) is 5.32 Å². The van der Waals surface area contributed by atoms with Crippen LogP contribution in [-0.2, 0) is 16.1 Å². The molecule has 0 saturated carbocycles. The molecule has 0 amide bonds. The van der Waals surface area contributed by atoms with Crippen molar-refractivity contribution in [3.8, 4) is 0 Å². The molecule has 2 unspecified atom stereocenters. The van der Waals surface area contributed by atoms with Crippen molar-refractivity contribution in [3.63, 3.8) is 0 Å². The highest BCUT2D eigenvalue weighted by molar-refractivity contribution is 5.66. The molecular formula is C14H21NO5. The fraction of sp³-hybridized carbons (Fsp3) is 0.500. The Morgan fingerprint density at radius 2 is 1.95 bits per heavy atom. The number of carboxylic acids is 1. The lowest BCUT2D eigenvalue weighted by Gasteiger charge is -2.16. The molecule has 0 aliphatic carbocycles. The van der Waals surface area contributed by atoms with Gasteiger partial charge in [0.2, 0.25) is 0 Å². The van der Waals surface area contributed by atoms with Gasteiger partial charge in [0.25, 0.3) is 0 Å². The fourth-order valence-corrected chi connectivity index (χ4v) is 1.58. The summed E-state index contributed by atoms with van der Waals surface area (Å²) >= 11 is 0. The molecule has 6 heteroatoms. The molecule has 0 radical (unpaired) electrons. The van der Waals surface area contributed by atoms with Gasteiger partial charge in [-0.25, -0.2) is 0 Å². The van der Waals surface area contributed by atoms with Gasteiger partial charge in [0, 0.05) is 13.0 Å². The molecule has 1 aromatic rings. The minimum atomic E-state index is -0.961. The lowest BCUT2D eigenvalue weighted by atomic mass is 10.2. The van der Waals surface area contributed by atoms with E-state index in [4.69, 9.17) is 9.84 Å². The number of carboxylic acid groups (broad SMARTS) is 1. The lowest BCUT2D eigenvalue weighted by molar-refractivity contribution is -0.137. The van der Waals surface area contributed by atoms with Crippen LogP contribution in [0.25, 0.3) is 0 Å². The third-order valence-corrected chi connectivity index (χ3v) is 2.64. The van der Waals surface area contributed by atoms with Gasteiger partial charge in [-0.05, 0) is 12.0 Å². The highest BCUT2D eigenvalue weighted by Gasteiger charge is 2.10. The summed E-state index contributed by atoms with van der Waals surface area (Å²) in [5.41, 5.74) is 1.02. The lowest BCUT2D eigenvalue weighted by Crippen LogP contribution is -2.37. The fourth-order valence-electron chi connectivity index (χ4n) is 1.58. The number of ether oxygens (including phenoxy) is 1. The van der Waals surface area contributed by atoms with E-state index in [0.29, 0.717) is 6.61 Å². The number of rotatable bonds is 10. The average Bonchev–Trinajstić information content (AvgIpc) is 2.44. The molecule has 0 aliphatic heterocycles. The summed E-state index contributed by atoms with van der Waals surface area (Å²) in [6.45, 7) is 0.711. The van der Waals surface area contributed by atoms with E-state index < -0.39 is 18.3 Å². The van der Waals surface area contributed by atoms with Gasteiger partial charge >= 0.3 is 5.97 Å². The average molecular weight is 283 g/mol. The van der Waals surface area contributed by atoms with Crippen molar-refractivity contribution in [2.45, 2.75) is 31.8 Å². The molecule has 1 aromatic carbocycles. The summed E-state index contributed by atoms with van der Waals surface area (Å²) in [7, 11) is 0. The number of benzene rings is 1. The van der Waals surface area contributed by atoms with Crippen molar-refractivity contribution in [1.29, 1.82) is 0 Å². The van der Waals surface area contributed by atoms with Crippen molar-refractivity contribution in [3.05, 3.63) is 35.9 Å². The predicted molar refractivity (Wildman–Crippen MR) is 73.0 cm³/mol. The van der Waals surface area contributed by atoms with Gasteiger partial charge in [0.05, 0.1) is 19.3 Å². The maximum atomic E-state index is 10.3. The zero-order chi connectivity index (χ0) is 14.8. The van der Waals surface area contributed by atoms with Crippen LogP contribution in [0.5, 0.6) is 0 Å². The first-order valence-corrected chi connectivity index (χ1v) is 6.51. The Balaban J connectivity index is 2.08. The van der Waals surface area contributed by atoms with Gasteiger partial charge in [-0.15, -0.1) is 0 Å². The molecule has 0 heterocycles. The van der Waals surface area contributed by atoms with Crippen molar-refractivity contribution in [2.75, 3.05) is 13.2 Å². The van der Waals surface area contributed by atoms with Crippen LogP contribution in [-0.4, -0.2) is 46.8 Å². The largest absolute Gasteiger partial charge is 0.481 e. The summed E-state index contributed by atoms with van der Waals surface area (Å²) < 4.78 is 5.35. The highest BCUT2D eigenvalue weighted by Crippen LogP contribution is 2.01. The van der Waals surface area contributed by atoms with Crippen molar-refractivity contribution in [2.24, 2.45) is 0 Å². The Labute approximate surface area is 118 Å². The normalized spacial score (nSPS) is 13.9. The molecule has 112 valence electrons. The molecule has 0 aliphatic rings. The number of aliphatic hydroxyl groups is 2. The standard InChI is InChI=1S/C14H21NO5/c16-12(8-15-13(17)6-7-14(18)19)10-20-9-11-4-2-1-3-5-11/h1-5,12-13,15-17H,6-10H2,(H,18,19). The van der Waals surface area contributed by atoms with Crippen LogP contribution in [0.2, 0.25) is 0 Å². The van der Waals surface area contributed by atoms with Crippen LogP contribution in [0.1, 0.15) is 18.4 Å². The van der Waals surface area contributed by atoms with Crippen molar-refractivity contribution < 1.29 is 24.9 Å². The van der Waals surface area contributed by atoms with E-state index in [-0.39, 0.29) is 26.0 Å². The second kappa shape index (κ2) is 9.44. The number of hydrogen-bond donors (Lipinski definition) is 4. The molecular weight excluding hydrogens is 262 g/mol. The first kappa shape index (κ1) is 16.6. The molecule has 20 heavy (non-hydrogen) atoms. The molecule has 0 spiro atoms. The van der Waals surface area contributed by atoms with Gasteiger partial charge in [-0.3, -0.25) is 10.1 Å². The number of hydrogen-bond acceptors (Lipinski definition) is 5. The molecule has 4 N–H and O–H groups in total. The third kappa shape index (κ3) is 7.85. The number of aliphatic hydroxyl groups excluding tert-OH is 2. The SMILES string of the molecule is O=C(O)CCC(O)NCC(O)COCc1ccccc1. The monoisotopic (exact) mass is 283 g/mol. The second-order valence-electron chi connectivity index (χ2n) is 4.51. The van der Waals surface area contributed by atoms with E-state index in [9.17, 15) is 15.0 Å². The molecule has 1 rings (SSSR count). The quantitative estimate of drug-likeness (QED) is 0.462. The number of nitrogens with one attached hydrogen (secondary N) is 1. The molecule has 0 fully saturated rings. The summed E-state index contributed by atoms with van der Waals surface area (Å²) in [6.07, 6.45) is -1.70. The van der Waals surface area contributed by atoms with E-state index in [1.807, 2.05) is 30.3 Å². The Morgan fingerprint density at radius 3 is 2.60 bits per heavy atom. The van der Waals surface area contributed by atoms with E-state index in [0.717, 1.165) is 5.56 Å². The van der Waals surface area contributed by atoms with E-state index in [1.54, 1.807) is 0 Å². The molecule has 2 atom stereocenters. The minimum absolute atomic E-state index is 0.104. The maximum Gasteiger partial charge on any atom is 0.303 e. The van der Waals surface area contributed by atoms with E-state index in [1.165, 1.54) is 0 Å². The van der Waals surface area contributed by atoms with Gasteiger partial charge in [-0.1, -0.05) is 30.3 Å². The molecule has 0 aromatic heterocycles. The van der Waals surface area contributed by atoms with E-state index >= 15 is 0 Å². The van der Waals surface area contributed by atoms with Gasteiger partial charge in [-0.2, -0.15) is 0 Å². The highest BCUT2D eigenvalue weighted by atomic mass is 16.5. The smallest absolute Gasteiger partial charge is 0.303 e. The van der Waals surface area contributed by atoms with Crippen molar-refractivity contribution >= 4 is 5.97 Å². The van der Waals surface area contributed by atoms with E-state index in [2.05, 4.69) is 5.32 Å². The van der Waals surface area contributed by atoms with Crippen LogP contribution >= 0.6 is 0 Å². The Hall–Kier alpha value is -1.47. The van der Waals surface area contributed by atoms with Gasteiger partial charge in [0.1, 0.15) is 6.23 Å². The van der Waals surface area contributed by atoms with Crippen LogP contribution in [0.3, 0.4) is 0 Å². The van der Waals surface area contributed by atoms with Crippen LogP contribution in [0.4, 0.5) is 0 Å². The molecule has 6 nitrogen and oxygen atoms in total. The summed E-state index contributed by atoms with van der Waals surface area (Å²) in [4.78, 5) is 10.3. The summed E-state index contributed by atoms with van der Waals surface area (Å²) in [6, 6.07) is 9.60. The topological polar surface area (TPSA) is 99.0 Å². The van der Waals surface area contributed by atoms with Crippen LogP contribution < -0.4 is 5.32 Å². The van der Waals surface area contributed by atoms with Crippen LogP contribution in [0, 0.1) is 0 Å². The van der Waals surface area contributed by atoms with Gasteiger partial charge in [0.15, 0.2) is 0 Å². The summed E-state index contributed by atoms with van der Waals surface area (Å²) in [5.74, 6) is -0.961. The minimum Gasteiger partial charge on any atom is -0.481 e. The molecule has 0 bridgehead atoms. The van der Waals surface area contributed by atoms with Gasteiger partial charge < -0.3 is 20.1 Å². The zero-order valence-corrected chi connectivity index (χ0v) is 11.2. The molecule has 0 saturated heterocycles. The predicted octanol–water partition coefficient (Wildman–Crippen LogP) is 0.337. The first-order valence-electron chi connectivity index (χ1n) is 6.51. The first-order chi connectivity index (χ1) is 9.58. The number of aliphatic carboxylic acids is 1. The Morgan fingerprint density at radius 1 is 1.25 bits per heavy atom. The summed E-state index contributed by atoms with van der Waals surface area (Å²) in [5, 5.41) is 30.2. The Bertz CT molecular complexity index is 384. The Kier molecular flexibility index (Phi) is 7.82. The van der Waals surface area contributed by atoms with Crippen LogP contribution in [0.15, 0.2) is 30.3 Å².